The molecule has 1 saturated carbocycles. The Bertz CT molecular complexity index is 407. The van der Waals surface area contributed by atoms with E-state index in [4.69, 9.17) is 4.74 Å². The largest absolute Gasteiger partial charge is 0.480 e. The number of carboxylic acid groups (broad SMARTS) is 1. The Morgan fingerprint density at radius 2 is 1.89 bits per heavy atom. The number of nitrogens with zero attached hydrogens (tertiary/aromatic N) is 1. The summed E-state index contributed by atoms with van der Waals surface area (Å²) in [6, 6.07) is -1.06. The third kappa shape index (κ3) is 2.04. The fourth-order valence-electron chi connectivity index (χ4n) is 3.06. The summed E-state index contributed by atoms with van der Waals surface area (Å²) in [5.41, 5.74) is -0.305. The number of carbonyl (C=O) groups is 3. The first-order valence-corrected chi connectivity index (χ1v) is 6.42. The van der Waals surface area contributed by atoms with E-state index < -0.39 is 12.0 Å². The molecule has 0 aromatic heterocycles. The lowest BCUT2D eigenvalue weighted by atomic mass is 10.0. The van der Waals surface area contributed by atoms with Gasteiger partial charge in [-0.15, -0.1) is 0 Å². The Labute approximate surface area is 111 Å². The molecule has 2 rings (SSSR count). The van der Waals surface area contributed by atoms with Gasteiger partial charge < -0.3 is 9.84 Å². The number of carbonyl (C=O) groups excluding carboxylic acids is 2. The van der Waals surface area contributed by atoms with E-state index in [-0.39, 0.29) is 35.5 Å². The van der Waals surface area contributed by atoms with Crippen molar-refractivity contribution in [3.63, 3.8) is 0 Å². The first-order chi connectivity index (χ1) is 8.84. The van der Waals surface area contributed by atoms with Crippen molar-refractivity contribution >= 4 is 17.8 Å². The smallest absolute Gasteiger partial charge is 0.326 e. The molecule has 2 fully saturated rings. The molecule has 1 aliphatic carbocycles. The van der Waals surface area contributed by atoms with Crippen molar-refractivity contribution in [2.24, 2.45) is 17.3 Å². The topological polar surface area (TPSA) is 83.9 Å². The fourth-order valence-corrected chi connectivity index (χ4v) is 3.06. The molecule has 6 heteroatoms. The van der Waals surface area contributed by atoms with Gasteiger partial charge in [-0.2, -0.15) is 0 Å². The lowest BCUT2D eigenvalue weighted by Crippen LogP contribution is -2.48. The Kier molecular flexibility index (Phi) is 3.38. The maximum atomic E-state index is 12.2. The molecular weight excluding hydrogens is 250 g/mol. The van der Waals surface area contributed by atoms with Gasteiger partial charge in [0.15, 0.2) is 0 Å². The summed E-state index contributed by atoms with van der Waals surface area (Å²) in [5.74, 6) is -2.44. The lowest BCUT2D eigenvalue weighted by molar-refractivity contribution is -0.157. The highest BCUT2D eigenvalue weighted by molar-refractivity contribution is 6.12. The van der Waals surface area contributed by atoms with Crippen LogP contribution in [0.2, 0.25) is 0 Å². The van der Waals surface area contributed by atoms with Crippen LogP contribution < -0.4 is 0 Å². The van der Waals surface area contributed by atoms with Crippen LogP contribution in [-0.2, 0) is 19.1 Å². The van der Waals surface area contributed by atoms with Crippen LogP contribution in [0.4, 0.5) is 0 Å². The molecule has 0 aromatic rings. The second-order valence-electron chi connectivity index (χ2n) is 5.81. The number of hydrogen-bond donors (Lipinski definition) is 1. The third-order valence-corrected chi connectivity index (χ3v) is 4.26. The highest BCUT2D eigenvalue weighted by Gasteiger charge is 2.73. The van der Waals surface area contributed by atoms with Crippen LogP contribution in [0.25, 0.3) is 0 Å². The molecule has 106 valence electrons. The average Bonchev–Trinajstić information content (AvgIpc) is 2.78. The van der Waals surface area contributed by atoms with Crippen LogP contribution >= 0.6 is 0 Å². The monoisotopic (exact) mass is 269 g/mol. The van der Waals surface area contributed by atoms with E-state index in [1.807, 2.05) is 13.8 Å². The first kappa shape index (κ1) is 14.0. The summed E-state index contributed by atoms with van der Waals surface area (Å²) in [5, 5.41) is 9.21. The van der Waals surface area contributed by atoms with Crippen molar-refractivity contribution < 1.29 is 24.2 Å². The summed E-state index contributed by atoms with van der Waals surface area (Å²) in [6.45, 7) is 4.16. The van der Waals surface area contributed by atoms with E-state index in [9.17, 15) is 19.5 Å². The van der Waals surface area contributed by atoms with Crippen molar-refractivity contribution in [1.29, 1.82) is 0 Å². The van der Waals surface area contributed by atoms with E-state index in [0.717, 1.165) is 4.90 Å². The average molecular weight is 269 g/mol. The SMILES string of the molecule is COCCCC(C(=O)O)N1C(=O)C2C(C1=O)C2(C)C. The van der Waals surface area contributed by atoms with Crippen molar-refractivity contribution in [1.82, 2.24) is 4.90 Å². The van der Waals surface area contributed by atoms with E-state index >= 15 is 0 Å². The van der Waals surface area contributed by atoms with E-state index in [1.165, 1.54) is 7.11 Å². The minimum absolute atomic E-state index is 0.237. The van der Waals surface area contributed by atoms with Gasteiger partial charge in [0, 0.05) is 13.7 Å². The number of fused-ring (bicyclic) bond motifs is 1. The Balaban J connectivity index is 2.10. The molecule has 1 saturated heterocycles. The number of piperidine rings is 1. The normalized spacial score (nSPS) is 29.3. The van der Waals surface area contributed by atoms with Crippen LogP contribution in [0, 0.1) is 17.3 Å². The van der Waals surface area contributed by atoms with Crippen LogP contribution in [0.3, 0.4) is 0 Å². The molecule has 19 heavy (non-hydrogen) atoms. The van der Waals surface area contributed by atoms with Crippen molar-refractivity contribution in [2.45, 2.75) is 32.7 Å². The molecular formula is C13H19NO5. The molecule has 1 aliphatic heterocycles. The quantitative estimate of drug-likeness (QED) is 0.561. The summed E-state index contributed by atoms with van der Waals surface area (Å²) in [6.07, 6.45) is 0.740. The maximum absolute atomic E-state index is 12.2. The Morgan fingerprint density at radius 1 is 1.37 bits per heavy atom. The van der Waals surface area contributed by atoms with Crippen molar-refractivity contribution in [3.05, 3.63) is 0 Å². The molecule has 3 unspecified atom stereocenters. The fraction of sp³-hybridized carbons (Fsp3) is 0.769. The summed E-state index contributed by atoms with van der Waals surface area (Å²) >= 11 is 0. The van der Waals surface area contributed by atoms with Gasteiger partial charge in [-0.1, -0.05) is 13.8 Å². The van der Waals surface area contributed by atoms with Gasteiger partial charge in [0.05, 0.1) is 11.8 Å². The molecule has 1 heterocycles. The van der Waals surface area contributed by atoms with E-state index in [0.29, 0.717) is 13.0 Å². The maximum Gasteiger partial charge on any atom is 0.326 e. The Hall–Kier alpha value is -1.43. The number of methoxy groups -OCH3 is 1. The van der Waals surface area contributed by atoms with Gasteiger partial charge in [-0.25, -0.2) is 4.79 Å². The van der Waals surface area contributed by atoms with Crippen LogP contribution in [0.5, 0.6) is 0 Å². The van der Waals surface area contributed by atoms with Gasteiger partial charge in [-0.3, -0.25) is 14.5 Å². The zero-order chi connectivity index (χ0) is 14.4. The molecule has 1 N–H and O–H groups in total. The number of carboxylic acids is 1. The molecule has 0 radical (unpaired) electrons. The number of likely N-dealkylation sites (tertiary alicyclic amines) is 1. The molecule has 2 aliphatic rings. The van der Waals surface area contributed by atoms with Gasteiger partial charge in [0.1, 0.15) is 6.04 Å². The van der Waals surface area contributed by atoms with Gasteiger partial charge in [-0.05, 0) is 18.3 Å². The zero-order valence-corrected chi connectivity index (χ0v) is 11.4. The predicted octanol–water partition coefficient (Wildman–Crippen LogP) is 0.507. The minimum atomic E-state index is -1.13. The second kappa shape index (κ2) is 4.59. The molecule has 2 amide bonds. The molecule has 0 aromatic carbocycles. The number of amides is 2. The highest BCUT2D eigenvalue weighted by atomic mass is 16.5. The number of imide groups is 1. The van der Waals surface area contributed by atoms with Gasteiger partial charge in [0.2, 0.25) is 11.8 Å². The third-order valence-electron chi connectivity index (χ3n) is 4.26. The van der Waals surface area contributed by atoms with Gasteiger partial charge in [0.25, 0.3) is 0 Å². The van der Waals surface area contributed by atoms with Crippen LogP contribution in [0.15, 0.2) is 0 Å². The molecule has 3 atom stereocenters. The summed E-state index contributed by atoms with van der Waals surface area (Å²) in [4.78, 5) is 36.5. The summed E-state index contributed by atoms with van der Waals surface area (Å²) < 4.78 is 4.87. The molecule has 0 bridgehead atoms. The number of ether oxygens (including phenoxy) is 1. The van der Waals surface area contributed by atoms with Crippen molar-refractivity contribution in [2.75, 3.05) is 13.7 Å². The number of hydrogen-bond acceptors (Lipinski definition) is 4. The van der Waals surface area contributed by atoms with Gasteiger partial charge >= 0.3 is 5.97 Å². The summed E-state index contributed by atoms with van der Waals surface area (Å²) in [7, 11) is 1.53. The number of aliphatic carboxylic acids is 1. The Morgan fingerprint density at radius 3 is 2.32 bits per heavy atom. The van der Waals surface area contributed by atoms with Crippen molar-refractivity contribution in [3.8, 4) is 0 Å². The predicted molar refractivity (Wildman–Crippen MR) is 65.1 cm³/mol. The second-order valence-corrected chi connectivity index (χ2v) is 5.81. The molecule has 0 spiro atoms. The molecule has 6 nitrogen and oxygen atoms in total. The lowest BCUT2D eigenvalue weighted by Gasteiger charge is -2.26. The zero-order valence-electron chi connectivity index (χ0n) is 11.4. The van der Waals surface area contributed by atoms with E-state index in [1.54, 1.807) is 0 Å². The highest BCUT2D eigenvalue weighted by Crippen LogP contribution is 2.63. The van der Waals surface area contributed by atoms with Crippen LogP contribution in [-0.4, -0.2) is 47.5 Å². The van der Waals surface area contributed by atoms with Crippen LogP contribution in [0.1, 0.15) is 26.7 Å². The standard InChI is InChI=1S/C13H19NO5/c1-13(2)8-9(13)11(16)14(10(8)15)7(12(17)18)5-4-6-19-3/h7-9H,4-6H2,1-3H3,(H,17,18). The minimum Gasteiger partial charge on any atom is -0.480 e. The van der Waals surface area contributed by atoms with E-state index in [2.05, 4.69) is 0 Å². The number of rotatable bonds is 6. The first-order valence-electron chi connectivity index (χ1n) is 6.42.